The number of carbonyl (C=O) groups excluding carboxylic acids is 1. The van der Waals surface area contributed by atoms with Crippen LogP contribution in [-0.2, 0) is 9.53 Å². The van der Waals surface area contributed by atoms with Crippen molar-refractivity contribution < 1.29 is 14.6 Å². The highest BCUT2D eigenvalue weighted by molar-refractivity contribution is 5.76. The third kappa shape index (κ3) is 3.34. The van der Waals surface area contributed by atoms with Gasteiger partial charge in [-0.2, -0.15) is 0 Å². The SMILES string of the molecule is CCN(CC)CCNC[C@@H]1C(=O)O[C@H]2CC3=CCC[C@@H](C)[C@]3(C)[C@@H](O)[C@@H]21. The smallest absolute Gasteiger partial charge is 0.311 e. The van der Waals surface area contributed by atoms with Crippen molar-refractivity contribution in [2.24, 2.45) is 23.2 Å². The van der Waals surface area contributed by atoms with Crippen LogP contribution in [0.25, 0.3) is 0 Å². The highest BCUT2D eigenvalue weighted by Gasteiger charge is 2.59. The molecular formula is C21H36N2O3. The molecule has 0 aromatic rings. The van der Waals surface area contributed by atoms with Crippen molar-refractivity contribution >= 4 is 5.97 Å². The van der Waals surface area contributed by atoms with E-state index in [-0.39, 0.29) is 29.3 Å². The van der Waals surface area contributed by atoms with Crippen LogP contribution >= 0.6 is 0 Å². The number of hydrogen-bond donors (Lipinski definition) is 2. The van der Waals surface area contributed by atoms with Gasteiger partial charge in [-0.3, -0.25) is 4.79 Å². The second-order valence-corrected chi connectivity index (χ2v) is 8.53. The van der Waals surface area contributed by atoms with Crippen LogP contribution in [0.3, 0.4) is 0 Å². The number of hydrogen-bond acceptors (Lipinski definition) is 5. The Morgan fingerprint density at radius 3 is 2.81 bits per heavy atom. The molecule has 2 fully saturated rings. The molecular weight excluding hydrogens is 328 g/mol. The molecule has 148 valence electrons. The summed E-state index contributed by atoms with van der Waals surface area (Å²) in [6, 6.07) is 0. The quantitative estimate of drug-likeness (QED) is 0.412. The molecule has 3 aliphatic rings. The maximum Gasteiger partial charge on any atom is 0.311 e. The molecule has 3 rings (SSSR count). The lowest BCUT2D eigenvalue weighted by molar-refractivity contribution is -0.144. The topological polar surface area (TPSA) is 61.8 Å². The minimum Gasteiger partial charge on any atom is -0.461 e. The maximum absolute atomic E-state index is 12.5. The van der Waals surface area contributed by atoms with Crippen molar-refractivity contribution in [1.82, 2.24) is 10.2 Å². The Morgan fingerprint density at radius 1 is 1.38 bits per heavy atom. The van der Waals surface area contributed by atoms with Gasteiger partial charge < -0.3 is 20.1 Å². The van der Waals surface area contributed by atoms with Gasteiger partial charge in [0.05, 0.1) is 12.0 Å². The van der Waals surface area contributed by atoms with Gasteiger partial charge in [-0.25, -0.2) is 0 Å². The number of esters is 1. The summed E-state index contributed by atoms with van der Waals surface area (Å²) in [6.07, 6.45) is 4.59. The molecule has 1 aliphatic heterocycles. The van der Waals surface area contributed by atoms with E-state index in [1.807, 2.05) is 0 Å². The van der Waals surface area contributed by atoms with Gasteiger partial charge in [-0.05, 0) is 31.8 Å². The fourth-order valence-electron chi connectivity index (χ4n) is 5.33. The molecule has 0 radical (unpaired) electrons. The van der Waals surface area contributed by atoms with Crippen LogP contribution in [0.5, 0.6) is 0 Å². The van der Waals surface area contributed by atoms with Gasteiger partial charge in [-0.1, -0.05) is 39.3 Å². The van der Waals surface area contributed by atoms with Crippen molar-refractivity contribution in [3.05, 3.63) is 11.6 Å². The van der Waals surface area contributed by atoms with E-state index in [1.165, 1.54) is 5.57 Å². The molecule has 0 aromatic heterocycles. The zero-order chi connectivity index (χ0) is 18.9. The average molecular weight is 365 g/mol. The zero-order valence-electron chi connectivity index (χ0n) is 16.8. The van der Waals surface area contributed by atoms with Gasteiger partial charge in [0, 0.05) is 37.4 Å². The molecule has 26 heavy (non-hydrogen) atoms. The van der Waals surface area contributed by atoms with Gasteiger partial charge in [0.25, 0.3) is 0 Å². The molecule has 0 aromatic carbocycles. The fourth-order valence-corrected chi connectivity index (χ4v) is 5.33. The number of fused-ring (bicyclic) bond motifs is 2. The molecule has 0 spiro atoms. The maximum atomic E-state index is 12.5. The minimum atomic E-state index is -0.510. The summed E-state index contributed by atoms with van der Waals surface area (Å²) in [6.45, 7) is 13.3. The molecule has 5 heteroatoms. The second-order valence-electron chi connectivity index (χ2n) is 8.53. The van der Waals surface area contributed by atoms with E-state index in [9.17, 15) is 9.90 Å². The largest absolute Gasteiger partial charge is 0.461 e. The molecule has 1 saturated carbocycles. The van der Waals surface area contributed by atoms with Crippen molar-refractivity contribution in [3.8, 4) is 0 Å². The van der Waals surface area contributed by atoms with Crippen LogP contribution < -0.4 is 5.32 Å². The summed E-state index contributed by atoms with van der Waals surface area (Å²) >= 11 is 0. The lowest BCUT2D eigenvalue weighted by Crippen LogP contribution is -2.54. The van der Waals surface area contributed by atoms with E-state index in [0.29, 0.717) is 12.5 Å². The first-order chi connectivity index (χ1) is 12.4. The predicted octanol–water partition coefficient (Wildman–Crippen LogP) is 2.20. The number of nitrogens with one attached hydrogen (secondary N) is 1. The number of rotatable bonds is 7. The molecule has 5 nitrogen and oxygen atoms in total. The Morgan fingerprint density at radius 2 is 2.12 bits per heavy atom. The van der Waals surface area contributed by atoms with Gasteiger partial charge in [0.2, 0.25) is 0 Å². The van der Waals surface area contributed by atoms with Crippen LogP contribution in [0.2, 0.25) is 0 Å². The third-order valence-corrected chi connectivity index (χ3v) is 7.43. The number of likely N-dealkylation sites (N-methyl/N-ethyl adjacent to an activating group) is 1. The Balaban J connectivity index is 1.67. The lowest BCUT2D eigenvalue weighted by atomic mass is 9.55. The normalized spacial score (nSPS) is 39.4. The second kappa shape index (κ2) is 7.99. The van der Waals surface area contributed by atoms with Crippen molar-refractivity contribution in [3.63, 3.8) is 0 Å². The van der Waals surface area contributed by atoms with Gasteiger partial charge in [0.15, 0.2) is 0 Å². The summed E-state index contributed by atoms with van der Waals surface area (Å²) in [5.74, 6) is -0.0272. The third-order valence-electron chi connectivity index (χ3n) is 7.43. The number of carbonyl (C=O) groups is 1. The highest BCUT2D eigenvalue weighted by atomic mass is 16.6. The zero-order valence-corrected chi connectivity index (χ0v) is 16.8. The van der Waals surface area contributed by atoms with E-state index < -0.39 is 6.10 Å². The molecule has 0 unspecified atom stereocenters. The van der Waals surface area contributed by atoms with E-state index in [0.717, 1.165) is 45.4 Å². The number of allylic oxidation sites excluding steroid dienone is 1. The summed E-state index contributed by atoms with van der Waals surface area (Å²) < 4.78 is 5.71. The molecule has 0 bridgehead atoms. The van der Waals surface area contributed by atoms with Crippen molar-refractivity contribution in [1.29, 1.82) is 0 Å². The van der Waals surface area contributed by atoms with E-state index in [2.05, 4.69) is 44.0 Å². The Bertz CT molecular complexity index is 545. The molecule has 6 atom stereocenters. The average Bonchev–Trinajstić information content (AvgIpc) is 2.93. The fraction of sp³-hybridized carbons (Fsp3) is 0.857. The first-order valence-electron chi connectivity index (χ1n) is 10.4. The Labute approximate surface area is 158 Å². The van der Waals surface area contributed by atoms with Crippen LogP contribution in [0.1, 0.15) is 47.0 Å². The summed E-state index contributed by atoms with van der Waals surface area (Å²) in [4.78, 5) is 14.9. The van der Waals surface area contributed by atoms with E-state index in [1.54, 1.807) is 0 Å². The highest BCUT2D eigenvalue weighted by Crippen LogP contribution is 2.55. The standard InChI is InChI=1S/C21H36N2O3/c1-5-23(6-2)11-10-22-13-16-18-17(26-20(16)25)12-15-9-7-8-14(3)21(15,4)19(18)24/h9,14,16-19,22,24H,5-8,10-13H2,1-4H3/t14-,16+,17+,18-,19+,21+/m1/s1. The molecule has 1 heterocycles. The number of aliphatic hydroxyl groups is 1. The first kappa shape index (κ1) is 19.8. The monoisotopic (exact) mass is 364 g/mol. The molecule has 2 aliphatic carbocycles. The van der Waals surface area contributed by atoms with Gasteiger partial charge >= 0.3 is 5.97 Å². The number of nitrogens with zero attached hydrogens (tertiary/aromatic N) is 1. The number of aliphatic hydroxyl groups excluding tert-OH is 1. The van der Waals surface area contributed by atoms with Crippen LogP contribution in [0.4, 0.5) is 0 Å². The summed E-state index contributed by atoms with van der Waals surface area (Å²) in [5.41, 5.74) is 1.08. The minimum absolute atomic E-state index is 0.0915. The predicted molar refractivity (Wildman–Crippen MR) is 103 cm³/mol. The van der Waals surface area contributed by atoms with Gasteiger partial charge in [-0.15, -0.1) is 0 Å². The van der Waals surface area contributed by atoms with E-state index in [4.69, 9.17) is 4.74 Å². The van der Waals surface area contributed by atoms with Crippen molar-refractivity contribution in [2.45, 2.75) is 59.2 Å². The van der Waals surface area contributed by atoms with Crippen LogP contribution in [0, 0.1) is 23.2 Å². The summed E-state index contributed by atoms with van der Waals surface area (Å²) in [7, 11) is 0. The first-order valence-corrected chi connectivity index (χ1v) is 10.4. The van der Waals surface area contributed by atoms with Crippen LogP contribution in [0.15, 0.2) is 11.6 Å². The van der Waals surface area contributed by atoms with Gasteiger partial charge in [0.1, 0.15) is 6.10 Å². The molecule has 2 N–H and O–H groups in total. The van der Waals surface area contributed by atoms with E-state index >= 15 is 0 Å². The Hall–Kier alpha value is -0.910. The Kier molecular flexibility index (Phi) is 6.10. The molecule has 1 saturated heterocycles. The lowest BCUT2D eigenvalue weighted by Gasteiger charge is -2.51. The summed E-state index contributed by atoms with van der Waals surface area (Å²) in [5, 5.41) is 14.7. The van der Waals surface area contributed by atoms with Crippen molar-refractivity contribution in [2.75, 3.05) is 32.7 Å². The molecule has 0 amide bonds. The van der Waals surface area contributed by atoms with Crippen LogP contribution in [-0.4, -0.2) is 60.9 Å². The number of ether oxygens (including phenoxy) is 1.